The van der Waals surface area contributed by atoms with Crippen LogP contribution in [0.3, 0.4) is 0 Å². The van der Waals surface area contributed by atoms with E-state index in [4.69, 9.17) is 4.74 Å². The van der Waals surface area contributed by atoms with Crippen LogP contribution in [-0.4, -0.2) is 29.8 Å². The summed E-state index contributed by atoms with van der Waals surface area (Å²) in [6.45, 7) is 8.83. The average molecular weight is 296 g/mol. The van der Waals surface area contributed by atoms with E-state index in [-0.39, 0.29) is 11.6 Å². The molecule has 0 spiro atoms. The molecule has 2 saturated carbocycles. The van der Waals surface area contributed by atoms with E-state index >= 15 is 0 Å². The van der Waals surface area contributed by atoms with E-state index in [1.165, 1.54) is 32.1 Å². The lowest BCUT2D eigenvalue weighted by Crippen LogP contribution is -2.60. The summed E-state index contributed by atoms with van der Waals surface area (Å²) >= 11 is 0. The van der Waals surface area contributed by atoms with E-state index in [0.717, 1.165) is 25.3 Å². The lowest BCUT2D eigenvalue weighted by atomic mass is 9.76. The van der Waals surface area contributed by atoms with Gasteiger partial charge in [0.1, 0.15) is 5.60 Å². The van der Waals surface area contributed by atoms with Crippen molar-refractivity contribution in [3.63, 3.8) is 0 Å². The second-order valence-electron chi connectivity index (χ2n) is 8.08. The molecule has 2 fully saturated rings. The quantitative estimate of drug-likeness (QED) is 0.787. The fourth-order valence-electron chi connectivity index (χ4n) is 3.15. The lowest BCUT2D eigenvalue weighted by Gasteiger charge is -2.43. The number of carbonyl (C=O) groups excluding carboxylic acids is 1. The van der Waals surface area contributed by atoms with Gasteiger partial charge in [-0.05, 0) is 59.3 Å². The predicted octanol–water partition coefficient (Wildman–Crippen LogP) is 3.60. The fourth-order valence-corrected chi connectivity index (χ4v) is 3.15. The Kier molecular flexibility index (Phi) is 5.18. The Morgan fingerprint density at radius 3 is 2.38 bits per heavy atom. The van der Waals surface area contributed by atoms with Crippen molar-refractivity contribution in [1.29, 1.82) is 0 Å². The number of nitrogens with one attached hydrogen (secondary N) is 2. The molecule has 1 amide bonds. The van der Waals surface area contributed by atoms with Gasteiger partial charge in [0.2, 0.25) is 0 Å². The topological polar surface area (TPSA) is 50.4 Å². The molecule has 0 saturated heterocycles. The van der Waals surface area contributed by atoms with Crippen LogP contribution in [0, 0.1) is 5.92 Å². The molecule has 2 aliphatic carbocycles. The van der Waals surface area contributed by atoms with Gasteiger partial charge in [0.15, 0.2) is 0 Å². The van der Waals surface area contributed by atoms with Crippen molar-refractivity contribution in [2.75, 3.05) is 6.54 Å². The molecule has 1 unspecified atom stereocenters. The first-order valence-electron chi connectivity index (χ1n) is 8.53. The Labute approximate surface area is 129 Å². The number of alkyl carbamates (subject to hydrolysis) is 1. The van der Waals surface area contributed by atoms with Crippen LogP contribution in [0.2, 0.25) is 0 Å². The summed E-state index contributed by atoms with van der Waals surface area (Å²) in [5.41, 5.74) is -0.518. The predicted molar refractivity (Wildman–Crippen MR) is 85.4 cm³/mol. The third-order valence-corrected chi connectivity index (χ3v) is 4.78. The SMILES string of the molecule is CC(CC1CCC1)NCC1(NC(=O)OC(C)(C)C)CCC1. The van der Waals surface area contributed by atoms with Crippen LogP contribution >= 0.6 is 0 Å². The normalized spacial score (nSPS) is 22.9. The molecule has 0 aliphatic heterocycles. The second kappa shape index (κ2) is 6.55. The van der Waals surface area contributed by atoms with Gasteiger partial charge in [-0.3, -0.25) is 0 Å². The number of hydrogen-bond acceptors (Lipinski definition) is 3. The number of hydrogen-bond donors (Lipinski definition) is 2. The molecule has 122 valence electrons. The Morgan fingerprint density at radius 1 is 1.29 bits per heavy atom. The molecule has 0 radical (unpaired) electrons. The molecule has 2 rings (SSSR count). The van der Waals surface area contributed by atoms with E-state index < -0.39 is 5.60 Å². The van der Waals surface area contributed by atoms with Crippen molar-refractivity contribution in [2.45, 2.75) is 89.8 Å². The zero-order valence-electron chi connectivity index (χ0n) is 14.1. The monoisotopic (exact) mass is 296 g/mol. The molecule has 1 atom stereocenters. The Balaban J connectivity index is 1.74. The molecular weight excluding hydrogens is 264 g/mol. The highest BCUT2D eigenvalue weighted by atomic mass is 16.6. The summed E-state index contributed by atoms with van der Waals surface area (Å²) in [4.78, 5) is 12.0. The largest absolute Gasteiger partial charge is 0.444 e. The summed E-state index contributed by atoms with van der Waals surface area (Å²) in [6, 6.07) is 0.535. The van der Waals surface area contributed by atoms with Gasteiger partial charge in [-0.25, -0.2) is 4.79 Å². The minimum absolute atomic E-state index is 0.0871. The van der Waals surface area contributed by atoms with Crippen molar-refractivity contribution in [3.05, 3.63) is 0 Å². The molecule has 0 bridgehead atoms. The van der Waals surface area contributed by atoms with E-state index in [0.29, 0.717) is 6.04 Å². The molecule has 21 heavy (non-hydrogen) atoms. The first-order chi connectivity index (χ1) is 9.78. The minimum Gasteiger partial charge on any atom is -0.444 e. The number of amides is 1. The molecule has 0 aromatic heterocycles. The molecule has 4 nitrogen and oxygen atoms in total. The molecular formula is C17H32N2O2. The summed E-state index contributed by atoms with van der Waals surface area (Å²) in [5.74, 6) is 0.920. The Hall–Kier alpha value is -0.770. The van der Waals surface area contributed by atoms with Crippen molar-refractivity contribution < 1.29 is 9.53 Å². The summed E-state index contributed by atoms with van der Waals surface area (Å²) in [6.07, 6.45) is 8.47. The van der Waals surface area contributed by atoms with Gasteiger partial charge in [0.25, 0.3) is 0 Å². The maximum atomic E-state index is 12.0. The van der Waals surface area contributed by atoms with Crippen molar-refractivity contribution >= 4 is 6.09 Å². The zero-order chi connectivity index (χ0) is 15.5. The van der Waals surface area contributed by atoms with Crippen LogP contribution in [0.1, 0.15) is 72.6 Å². The minimum atomic E-state index is -0.431. The van der Waals surface area contributed by atoms with Crippen molar-refractivity contribution in [1.82, 2.24) is 10.6 Å². The number of carbonyl (C=O) groups is 1. The van der Waals surface area contributed by atoms with Gasteiger partial charge < -0.3 is 15.4 Å². The maximum absolute atomic E-state index is 12.0. The zero-order valence-corrected chi connectivity index (χ0v) is 14.1. The highest BCUT2D eigenvalue weighted by molar-refractivity contribution is 5.69. The van der Waals surface area contributed by atoms with Crippen LogP contribution in [0.4, 0.5) is 4.79 Å². The summed E-state index contributed by atoms with van der Waals surface area (Å²) < 4.78 is 5.39. The van der Waals surface area contributed by atoms with E-state index in [2.05, 4.69) is 17.6 Å². The van der Waals surface area contributed by atoms with Crippen LogP contribution in [-0.2, 0) is 4.74 Å². The molecule has 0 aromatic rings. The van der Waals surface area contributed by atoms with Gasteiger partial charge in [-0.2, -0.15) is 0 Å². The van der Waals surface area contributed by atoms with Crippen LogP contribution in [0.25, 0.3) is 0 Å². The van der Waals surface area contributed by atoms with Gasteiger partial charge in [0, 0.05) is 12.6 Å². The average Bonchev–Trinajstić information content (AvgIpc) is 2.24. The Morgan fingerprint density at radius 2 is 1.95 bits per heavy atom. The summed E-state index contributed by atoms with van der Waals surface area (Å²) in [5, 5.41) is 6.72. The first-order valence-corrected chi connectivity index (χ1v) is 8.53. The fraction of sp³-hybridized carbons (Fsp3) is 0.941. The van der Waals surface area contributed by atoms with Gasteiger partial charge in [-0.15, -0.1) is 0 Å². The smallest absolute Gasteiger partial charge is 0.408 e. The second-order valence-corrected chi connectivity index (χ2v) is 8.08. The van der Waals surface area contributed by atoms with E-state index in [9.17, 15) is 4.79 Å². The lowest BCUT2D eigenvalue weighted by molar-refractivity contribution is 0.0377. The maximum Gasteiger partial charge on any atom is 0.408 e. The molecule has 0 aromatic carbocycles. The number of ether oxygens (including phenoxy) is 1. The van der Waals surface area contributed by atoms with Crippen molar-refractivity contribution in [2.24, 2.45) is 5.92 Å². The third kappa shape index (κ3) is 5.17. The summed E-state index contributed by atoms with van der Waals surface area (Å²) in [7, 11) is 0. The third-order valence-electron chi connectivity index (χ3n) is 4.78. The molecule has 2 N–H and O–H groups in total. The van der Waals surface area contributed by atoms with Gasteiger partial charge >= 0.3 is 6.09 Å². The highest BCUT2D eigenvalue weighted by Crippen LogP contribution is 2.33. The molecule has 0 heterocycles. The van der Waals surface area contributed by atoms with Crippen LogP contribution < -0.4 is 10.6 Å². The van der Waals surface area contributed by atoms with Gasteiger partial charge in [-0.1, -0.05) is 19.3 Å². The molecule has 4 heteroatoms. The molecule has 2 aliphatic rings. The Bertz CT molecular complexity index is 354. The van der Waals surface area contributed by atoms with E-state index in [1.54, 1.807) is 0 Å². The van der Waals surface area contributed by atoms with Crippen molar-refractivity contribution in [3.8, 4) is 0 Å². The first kappa shape index (κ1) is 16.6. The van der Waals surface area contributed by atoms with E-state index in [1.807, 2.05) is 20.8 Å². The van der Waals surface area contributed by atoms with Crippen LogP contribution in [0.15, 0.2) is 0 Å². The standard InChI is InChI=1S/C17H32N2O2/c1-13(11-14-7-5-8-14)18-12-17(9-6-10-17)19-15(20)21-16(2,3)4/h13-14,18H,5-12H2,1-4H3,(H,19,20). The highest BCUT2D eigenvalue weighted by Gasteiger charge is 2.39. The number of rotatable bonds is 6. The van der Waals surface area contributed by atoms with Gasteiger partial charge in [0.05, 0.1) is 5.54 Å². The van der Waals surface area contributed by atoms with Crippen LogP contribution in [0.5, 0.6) is 0 Å².